The molecule has 0 aliphatic carbocycles. The second-order valence-corrected chi connectivity index (χ2v) is 9.40. The minimum absolute atomic E-state index is 1.15. The van der Waals surface area contributed by atoms with Crippen molar-refractivity contribution in [3.63, 3.8) is 0 Å². The number of para-hydroxylation sites is 4. The first kappa shape index (κ1) is 19.5. The van der Waals surface area contributed by atoms with Crippen LogP contribution in [0.5, 0.6) is 0 Å². The molecule has 0 aliphatic rings. The molecule has 6 aromatic carbocycles. The van der Waals surface area contributed by atoms with Gasteiger partial charge in [0.25, 0.3) is 0 Å². The zero-order valence-electron chi connectivity index (χ0n) is 19.6. The maximum atomic E-state index is 2.47. The molecule has 0 amide bonds. The van der Waals surface area contributed by atoms with E-state index in [0.717, 1.165) is 11.4 Å². The number of nitrogens with zero attached hydrogens (tertiary/aromatic N) is 2. The highest BCUT2D eigenvalue weighted by Gasteiger charge is 2.24. The summed E-state index contributed by atoms with van der Waals surface area (Å²) >= 11 is 0. The molecule has 0 spiro atoms. The van der Waals surface area contributed by atoms with Gasteiger partial charge in [-0.15, -0.1) is 0 Å². The summed E-state index contributed by atoms with van der Waals surface area (Å²) in [6.45, 7) is 0. The van der Waals surface area contributed by atoms with Gasteiger partial charge in [0.15, 0.2) is 0 Å². The zero-order chi connectivity index (χ0) is 23.6. The molecular formula is C34H22N2. The molecule has 0 unspecified atom stereocenters. The number of rotatable bonds is 3. The molecule has 36 heavy (non-hydrogen) atoms. The normalized spacial score (nSPS) is 11.9. The minimum atomic E-state index is 1.15. The van der Waals surface area contributed by atoms with E-state index < -0.39 is 0 Å². The lowest BCUT2D eigenvalue weighted by Crippen LogP contribution is -2.10. The van der Waals surface area contributed by atoms with Gasteiger partial charge in [-0.25, -0.2) is 0 Å². The lowest BCUT2D eigenvalue weighted by Gasteiger charge is -2.28. The van der Waals surface area contributed by atoms with Crippen molar-refractivity contribution in [2.24, 2.45) is 0 Å². The van der Waals surface area contributed by atoms with Gasteiger partial charge in [-0.05, 0) is 41.8 Å². The fourth-order valence-corrected chi connectivity index (χ4v) is 6.02. The molecule has 168 valence electrons. The topological polar surface area (TPSA) is 7.65 Å². The number of benzene rings is 6. The summed E-state index contributed by atoms with van der Waals surface area (Å²) in [4.78, 5) is 2.43. The summed E-state index contributed by atoms with van der Waals surface area (Å²) < 4.78 is 2.47. The molecule has 0 atom stereocenters. The average Bonchev–Trinajstić information content (AvgIpc) is 3.46. The van der Waals surface area contributed by atoms with Crippen molar-refractivity contribution < 1.29 is 0 Å². The van der Waals surface area contributed by atoms with Gasteiger partial charge in [0.05, 0.1) is 22.2 Å². The van der Waals surface area contributed by atoms with Crippen molar-refractivity contribution in [2.45, 2.75) is 0 Å². The van der Waals surface area contributed by atoms with Crippen molar-refractivity contribution in [3.05, 3.63) is 133 Å². The third-order valence-electron chi connectivity index (χ3n) is 7.46. The third kappa shape index (κ3) is 2.56. The Bertz CT molecular complexity index is 2000. The lowest BCUT2D eigenvalue weighted by molar-refractivity contribution is 1.31. The first-order valence-corrected chi connectivity index (χ1v) is 12.4. The number of hydrogen-bond donors (Lipinski definition) is 0. The van der Waals surface area contributed by atoms with Crippen LogP contribution in [-0.2, 0) is 0 Å². The monoisotopic (exact) mass is 458 g/mol. The Morgan fingerprint density at radius 2 is 1.03 bits per heavy atom. The summed E-state index contributed by atoms with van der Waals surface area (Å²) in [5.41, 5.74) is 7.32. The SMILES string of the molecule is c1ccc(N(c2ccccc2)c2c3ccccc3cc3c2c2cccc4c5ccccc5n3c42)cc1. The molecule has 0 fully saturated rings. The Morgan fingerprint density at radius 3 is 1.78 bits per heavy atom. The quantitative estimate of drug-likeness (QED) is 0.256. The van der Waals surface area contributed by atoms with Gasteiger partial charge in [-0.1, -0.05) is 97.1 Å². The van der Waals surface area contributed by atoms with Crippen LogP contribution in [0.15, 0.2) is 133 Å². The van der Waals surface area contributed by atoms with Crippen LogP contribution in [0.2, 0.25) is 0 Å². The summed E-state index contributed by atoms with van der Waals surface area (Å²) in [7, 11) is 0. The van der Waals surface area contributed by atoms with E-state index in [9.17, 15) is 0 Å². The van der Waals surface area contributed by atoms with E-state index in [1.54, 1.807) is 0 Å². The Balaban J connectivity index is 1.65. The highest BCUT2D eigenvalue weighted by Crippen LogP contribution is 2.49. The van der Waals surface area contributed by atoms with Crippen LogP contribution in [0, 0.1) is 0 Å². The van der Waals surface area contributed by atoms with Crippen LogP contribution in [0.1, 0.15) is 0 Å². The van der Waals surface area contributed by atoms with Gasteiger partial charge in [-0.2, -0.15) is 0 Å². The Labute approximate surface area is 208 Å². The predicted molar refractivity (Wildman–Crippen MR) is 153 cm³/mol. The molecule has 8 rings (SSSR count). The van der Waals surface area contributed by atoms with Gasteiger partial charge in [-0.3, -0.25) is 0 Å². The van der Waals surface area contributed by atoms with Gasteiger partial charge in [0.2, 0.25) is 0 Å². The highest BCUT2D eigenvalue weighted by atomic mass is 15.1. The van der Waals surface area contributed by atoms with Crippen molar-refractivity contribution in [1.29, 1.82) is 0 Å². The maximum Gasteiger partial charge on any atom is 0.0640 e. The van der Waals surface area contributed by atoms with E-state index in [1.165, 1.54) is 54.6 Å². The number of anilines is 3. The summed E-state index contributed by atoms with van der Waals surface area (Å²) in [6, 6.07) is 48.1. The number of aromatic nitrogens is 1. The van der Waals surface area contributed by atoms with Crippen LogP contribution < -0.4 is 4.90 Å². The molecule has 2 aromatic heterocycles. The van der Waals surface area contributed by atoms with Crippen LogP contribution in [0.25, 0.3) is 48.9 Å². The number of fused-ring (bicyclic) bond motifs is 7. The molecular weight excluding hydrogens is 436 g/mol. The number of hydrogen-bond acceptors (Lipinski definition) is 1. The standard InChI is InChI=1S/C34H22N2/c1-3-13-24(14-4-1)35(25-15-5-2-6-16-25)34-26-17-8-7-12-23(26)22-31-32(34)29-20-11-19-28-27-18-9-10-21-30(27)36(31)33(28)29/h1-22H. The molecule has 0 saturated heterocycles. The fraction of sp³-hybridized carbons (Fsp3) is 0. The zero-order valence-corrected chi connectivity index (χ0v) is 19.6. The highest BCUT2D eigenvalue weighted by molar-refractivity contribution is 6.29. The summed E-state index contributed by atoms with van der Waals surface area (Å²) in [5.74, 6) is 0. The maximum absolute atomic E-state index is 2.47. The van der Waals surface area contributed by atoms with E-state index in [0.29, 0.717) is 0 Å². The van der Waals surface area contributed by atoms with Crippen LogP contribution >= 0.6 is 0 Å². The minimum Gasteiger partial charge on any atom is -0.309 e. The summed E-state index contributed by atoms with van der Waals surface area (Å²) in [5, 5.41) is 7.67. The van der Waals surface area contributed by atoms with Gasteiger partial charge >= 0.3 is 0 Å². The Hall–Kier alpha value is -4.82. The van der Waals surface area contributed by atoms with Gasteiger partial charge < -0.3 is 9.30 Å². The van der Waals surface area contributed by atoms with E-state index in [1.807, 2.05) is 0 Å². The van der Waals surface area contributed by atoms with Gasteiger partial charge in [0, 0.05) is 38.3 Å². The predicted octanol–water partition coefficient (Wildman–Crippen LogP) is 9.46. The van der Waals surface area contributed by atoms with E-state index >= 15 is 0 Å². The molecule has 0 aliphatic heterocycles. The first-order valence-electron chi connectivity index (χ1n) is 12.4. The van der Waals surface area contributed by atoms with E-state index in [4.69, 9.17) is 0 Å². The molecule has 2 nitrogen and oxygen atoms in total. The van der Waals surface area contributed by atoms with Crippen molar-refractivity contribution in [1.82, 2.24) is 4.40 Å². The molecule has 0 radical (unpaired) electrons. The van der Waals surface area contributed by atoms with Gasteiger partial charge in [0.1, 0.15) is 0 Å². The molecule has 8 aromatic rings. The largest absolute Gasteiger partial charge is 0.309 e. The molecule has 0 N–H and O–H groups in total. The molecule has 2 heteroatoms. The van der Waals surface area contributed by atoms with Crippen LogP contribution in [0.3, 0.4) is 0 Å². The third-order valence-corrected chi connectivity index (χ3v) is 7.46. The summed E-state index contributed by atoms with van der Waals surface area (Å²) in [6.07, 6.45) is 0. The van der Waals surface area contributed by atoms with Crippen molar-refractivity contribution >= 4 is 65.9 Å². The second kappa shape index (κ2) is 7.34. The second-order valence-electron chi connectivity index (χ2n) is 9.40. The van der Waals surface area contributed by atoms with E-state index in [2.05, 4.69) is 143 Å². The average molecular weight is 459 g/mol. The van der Waals surface area contributed by atoms with Crippen LogP contribution in [0.4, 0.5) is 17.1 Å². The van der Waals surface area contributed by atoms with Crippen LogP contribution in [-0.4, -0.2) is 4.40 Å². The lowest BCUT2D eigenvalue weighted by atomic mass is 10.00. The molecule has 0 saturated carbocycles. The smallest absolute Gasteiger partial charge is 0.0640 e. The Morgan fingerprint density at radius 1 is 0.444 bits per heavy atom. The fourth-order valence-electron chi connectivity index (χ4n) is 6.02. The van der Waals surface area contributed by atoms with Crippen molar-refractivity contribution in [2.75, 3.05) is 4.90 Å². The first-order chi connectivity index (χ1) is 17.9. The van der Waals surface area contributed by atoms with E-state index in [-0.39, 0.29) is 0 Å². The molecule has 2 heterocycles. The Kier molecular flexibility index (Phi) is 3.97. The molecule has 0 bridgehead atoms. The van der Waals surface area contributed by atoms with Crippen molar-refractivity contribution in [3.8, 4) is 0 Å².